The van der Waals surface area contributed by atoms with Gasteiger partial charge in [-0.05, 0) is 13.1 Å². The van der Waals surface area contributed by atoms with Crippen molar-refractivity contribution in [2.45, 2.75) is 13.8 Å². The highest BCUT2D eigenvalue weighted by atomic mass is 15.1. The number of nitrogens with zero attached hydrogens (tertiary/aromatic N) is 1. The average Bonchev–Trinajstić information content (AvgIpc) is 1.98. The first-order valence-corrected chi connectivity index (χ1v) is 2.96. The van der Waals surface area contributed by atoms with Crippen molar-refractivity contribution >= 4 is 0 Å². The highest BCUT2D eigenvalue weighted by Crippen LogP contribution is 2.24. The summed E-state index contributed by atoms with van der Waals surface area (Å²) in [6.45, 7) is 4.36. The van der Waals surface area contributed by atoms with Crippen LogP contribution in [0.25, 0.3) is 0 Å². The third-order valence-corrected chi connectivity index (χ3v) is 1.81. The molecule has 0 bridgehead atoms. The van der Waals surface area contributed by atoms with Crippen LogP contribution in [0, 0.1) is 12.0 Å². The van der Waals surface area contributed by atoms with Crippen LogP contribution in [-0.4, -0.2) is 11.9 Å². The van der Waals surface area contributed by atoms with E-state index in [2.05, 4.69) is 38.1 Å². The minimum absolute atomic E-state index is 0.653. The Hall–Kier alpha value is -0.460. The van der Waals surface area contributed by atoms with Crippen molar-refractivity contribution in [3.05, 3.63) is 18.3 Å². The van der Waals surface area contributed by atoms with Crippen molar-refractivity contribution in [2.24, 2.45) is 5.92 Å². The molecule has 1 atom stereocenters. The van der Waals surface area contributed by atoms with E-state index in [1.54, 1.807) is 0 Å². The van der Waals surface area contributed by atoms with Gasteiger partial charge in [-0.15, -0.1) is 0 Å². The smallest absolute Gasteiger partial charge is 0.0659 e. The largest absolute Gasteiger partial charge is 0.372 e. The van der Waals surface area contributed by atoms with Gasteiger partial charge in [0.1, 0.15) is 0 Å². The third-order valence-electron chi connectivity index (χ3n) is 1.81. The van der Waals surface area contributed by atoms with Crippen LogP contribution in [0.4, 0.5) is 0 Å². The van der Waals surface area contributed by atoms with Gasteiger partial charge in [0.15, 0.2) is 0 Å². The lowest BCUT2D eigenvalue weighted by Gasteiger charge is -2.17. The highest BCUT2D eigenvalue weighted by Gasteiger charge is 2.17. The number of rotatable bonds is 0. The molecule has 1 rings (SSSR count). The molecule has 45 valence electrons. The van der Waals surface area contributed by atoms with Crippen LogP contribution in [0.15, 0.2) is 12.3 Å². The van der Waals surface area contributed by atoms with Gasteiger partial charge in [-0.25, -0.2) is 0 Å². The van der Waals surface area contributed by atoms with Gasteiger partial charge < -0.3 is 4.90 Å². The van der Waals surface area contributed by atoms with Crippen molar-refractivity contribution in [3.63, 3.8) is 0 Å². The fourth-order valence-electron chi connectivity index (χ4n) is 0.836. The Morgan fingerprint density at radius 2 is 2.25 bits per heavy atom. The summed E-state index contributed by atoms with van der Waals surface area (Å²) in [7, 11) is 2.08. The first-order valence-electron chi connectivity index (χ1n) is 2.96. The summed E-state index contributed by atoms with van der Waals surface area (Å²) in [4.78, 5) is 2.16. The zero-order chi connectivity index (χ0) is 6.15. The van der Waals surface area contributed by atoms with Crippen LogP contribution < -0.4 is 0 Å². The highest BCUT2D eigenvalue weighted by molar-refractivity contribution is 5.10. The zero-order valence-corrected chi connectivity index (χ0v) is 5.68. The monoisotopic (exact) mass is 110 g/mol. The van der Waals surface area contributed by atoms with E-state index >= 15 is 0 Å². The summed E-state index contributed by atoms with van der Waals surface area (Å²) < 4.78 is 0. The van der Waals surface area contributed by atoms with Gasteiger partial charge in [-0.3, -0.25) is 0 Å². The molecule has 0 amide bonds. The molecule has 1 aliphatic heterocycles. The topological polar surface area (TPSA) is 3.24 Å². The summed E-state index contributed by atoms with van der Waals surface area (Å²) in [5.41, 5.74) is 0. The van der Waals surface area contributed by atoms with Crippen molar-refractivity contribution in [3.8, 4) is 0 Å². The molecule has 1 heterocycles. The van der Waals surface area contributed by atoms with E-state index in [0.717, 1.165) is 0 Å². The maximum absolute atomic E-state index is 2.20. The summed E-state index contributed by atoms with van der Waals surface area (Å²) in [5, 5.41) is 0. The van der Waals surface area contributed by atoms with Crippen LogP contribution in [0.3, 0.4) is 0 Å². The van der Waals surface area contributed by atoms with Crippen LogP contribution in [0.5, 0.6) is 0 Å². The third kappa shape index (κ3) is 0.726. The van der Waals surface area contributed by atoms with E-state index in [1.165, 1.54) is 6.04 Å². The van der Waals surface area contributed by atoms with E-state index in [1.807, 2.05) is 0 Å². The maximum atomic E-state index is 2.20. The van der Waals surface area contributed by atoms with Gasteiger partial charge in [-0.2, -0.15) is 0 Å². The molecule has 0 fully saturated rings. The molecule has 0 aromatic heterocycles. The Labute approximate surface area is 51.0 Å². The lowest BCUT2D eigenvalue weighted by atomic mass is 10.1. The fourth-order valence-corrected chi connectivity index (χ4v) is 0.836. The Balaban J connectivity index is 2.55. The maximum Gasteiger partial charge on any atom is 0.0659 e. The van der Waals surface area contributed by atoms with Crippen molar-refractivity contribution in [2.75, 3.05) is 7.05 Å². The van der Waals surface area contributed by atoms with Crippen LogP contribution in [0.2, 0.25) is 0 Å². The minimum atomic E-state index is 0.653. The van der Waals surface area contributed by atoms with E-state index in [-0.39, 0.29) is 0 Å². The second-order valence-electron chi connectivity index (χ2n) is 2.38. The molecule has 1 nitrogen and oxygen atoms in total. The lowest BCUT2D eigenvalue weighted by molar-refractivity contribution is 0.452. The predicted molar refractivity (Wildman–Crippen MR) is 35.0 cm³/mol. The zero-order valence-electron chi connectivity index (χ0n) is 5.68. The van der Waals surface area contributed by atoms with E-state index in [4.69, 9.17) is 0 Å². The van der Waals surface area contributed by atoms with Crippen LogP contribution in [0.1, 0.15) is 13.8 Å². The summed E-state index contributed by atoms with van der Waals surface area (Å²) in [5.74, 6) is 0.653. The summed E-state index contributed by atoms with van der Waals surface area (Å²) in [6.07, 6.45) is 4.31. The summed E-state index contributed by atoms with van der Waals surface area (Å²) >= 11 is 0. The molecule has 0 spiro atoms. The lowest BCUT2D eigenvalue weighted by Crippen LogP contribution is -2.14. The molecule has 1 heteroatoms. The van der Waals surface area contributed by atoms with Crippen LogP contribution in [-0.2, 0) is 0 Å². The van der Waals surface area contributed by atoms with Crippen molar-refractivity contribution in [1.82, 2.24) is 4.90 Å². The predicted octanol–water partition coefficient (Wildman–Crippen LogP) is 1.63. The second kappa shape index (κ2) is 1.81. The first kappa shape index (κ1) is 5.67. The Morgan fingerprint density at radius 3 is 2.38 bits per heavy atom. The molecule has 1 radical (unpaired) electrons. The van der Waals surface area contributed by atoms with E-state index in [9.17, 15) is 0 Å². The molecule has 0 aromatic carbocycles. The standard InChI is InChI=1S/C7H12N/c1-6-4-5-8(3)7(6)2/h4-6H,1-3H3. The van der Waals surface area contributed by atoms with Crippen molar-refractivity contribution < 1.29 is 0 Å². The van der Waals surface area contributed by atoms with Crippen molar-refractivity contribution in [1.29, 1.82) is 0 Å². The summed E-state index contributed by atoms with van der Waals surface area (Å²) in [6, 6.07) is 1.44. The SMILES string of the molecule is C[C]1C(C)C=CN1C. The average molecular weight is 110 g/mol. The Bertz CT molecular complexity index is 95.0. The van der Waals surface area contributed by atoms with E-state index in [0.29, 0.717) is 5.92 Å². The minimum Gasteiger partial charge on any atom is -0.372 e. The van der Waals surface area contributed by atoms with Gasteiger partial charge in [0.25, 0.3) is 0 Å². The molecule has 0 saturated carbocycles. The molecule has 8 heavy (non-hydrogen) atoms. The van der Waals surface area contributed by atoms with Crippen LogP contribution >= 0.6 is 0 Å². The molecule has 0 aliphatic carbocycles. The molecule has 1 aliphatic rings. The molecule has 0 N–H and O–H groups in total. The number of hydrogen-bond acceptors (Lipinski definition) is 1. The molecule has 0 saturated heterocycles. The fraction of sp³-hybridized carbons (Fsp3) is 0.571. The van der Waals surface area contributed by atoms with Gasteiger partial charge >= 0.3 is 0 Å². The Kier molecular flexibility index (Phi) is 1.28. The van der Waals surface area contributed by atoms with Gasteiger partial charge in [0.05, 0.1) is 6.04 Å². The second-order valence-corrected chi connectivity index (χ2v) is 2.38. The Morgan fingerprint density at radius 1 is 1.62 bits per heavy atom. The van der Waals surface area contributed by atoms with Gasteiger partial charge in [0, 0.05) is 13.0 Å². The quantitative estimate of drug-likeness (QED) is 0.458. The molecule has 0 aromatic rings. The molecule has 1 unspecified atom stereocenters. The molecular weight excluding hydrogens is 98.1 g/mol. The first-order chi connectivity index (χ1) is 3.72. The normalized spacial score (nSPS) is 29.9. The van der Waals surface area contributed by atoms with E-state index < -0.39 is 0 Å². The van der Waals surface area contributed by atoms with Gasteiger partial charge in [-0.1, -0.05) is 13.0 Å². The van der Waals surface area contributed by atoms with Gasteiger partial charge in [0.2, 0.25) is 0 Å². The molecular formula is C7H12N. The number of hydrogen-bond donors (Lipinski definition) is 0.